The van der Waals surface area contributed by atoms with Crippen LogP contribution in [0, 0.1) is 0 Å². The molecule has 1 saturated heterocycles. The van der Waals surface area contributed by atoms with Gasteiger partial charge in [-0.1, -0.05) is 5.16 Å². The molecule has 0 unspecified atom stereocenters. The van der Waals surface area contributed by atoms with Crippen LogP contribution in [0.5, 0.6) is 0 Å². The quantitative estimate of drug-likeness (QED) is 0.528. The average Bonchev–Trinajstić information content (AvgIpc) is 3.52. The summed E-state index contributed by atoms with van der Waals surface area (Å²) in [6, 6.07) is 8.64. The molecule has 4 aromatic rings. The summed E-state index contributed by atoms with van der Waals surface area (Å²) in [5, 5.41) is 12.1. The summed E-state index contributed by atoms with van der Waals surface area (Å²) in [6.07, 6.45) is 4.56. The molecule has 5 heterocycles. The summed E-state index contributed by atoms with van der Waals surface area (Å²) in [5.41, 5.74) is 0.266. The lowest BCUT2D eigenvalue weighted by Gasteiger charge is -2.29. The lowest BCUT2D eigenvalue weighted by atomic mass is 9.96. The van der Waals surface area contributed by atoms with E-state index in [1.54, 1.807) is 47.8 Å². The zero-order valence-corrected chi connectivity index (χ0v) is 14.8. The smallest absolute Gasteiger partial charge is 0.283 e. The first kappa shape index (κ1) is 16.5. The van der Waals surface area contributed by atoms with Crippen molar-refractivity contribution in [3.63, 3.8) is 0 Å². The van der Waals surface area contributed by atoms with Crippen LogP contribution in [0.2, 0.25) is 0 Å². The zero-order valence-electron chi connectivity index (χ0n) is 14.8. The molecule has 0 aromatic carbocycles. The molecule has 0 radical (unpaired) electrons. The van der Waals surface area contributed by atoms with E-state index >= 15 is 0 Å². The lowest BCUT2D eigenvalue weighted by Crippen LogP contribution is -2.38. The van der Waals surface area contributed by atoms with Gasteiger partial charge in [0.2, 0.25) is 11.7 Å². The highest BCUT2D eigenvalue weighted by atomic mass is 16.5. The number of hydrogen-bond donors (Lipinski definition) is 0. The van der Waals surface area contributed by atoms with Crippen molar-refractivity contribution >= 4 is 5.91 Å². The molecule has 0 N–H and O–H groups in total. The minimum Gasteiger partial charge on any atom is -0.461 e. The van der Waals surface area contributed by atoms with Crippen LogP contribution >= 0.6 is 0 Å². The number of carbonyl (C=O) groups is 1. The Morgan fingerprint density at radius 2 is 1.75 bits per heavy atom. The maximum Gasteiger partial charge on any atom is 0.283 e. The largest absolute Gasteiger partial charge is 0.461 e. The normalized spacial score (nSPS) is 15.2. The first-order valence-electron chi connectivity index (χ1n) is 8.95. The summed E-state index contributed by atoms with van der Waals surface area (Å²) in [5.74, 6) is 2.39. The Morgan fingerprint density at radius 1 is 1.00 bits per heavy atom. The van der Waals surface area contributed by atoms with Gasteiger partial charge in [0.1, 0.15) is 0 Å². The highest BCUT2D eigenvalue weighted by molar-refractivity contribution is 5.93. The van der Waals surface area contributed by atoms with Gasteiger partial charge in [0.05, 0.1) is 12.5 Å². The molecule has 4 aromatic heterocycles. The fourth-order valence-electron chi connectivity index (χ4n) is 3.30. The Labute approximate surface area is 158 Å². The number of likely N-dealkylation sites (tertiary alicyclic amines) is 1. The number of piperidine rings is 1. The van der Waals surface area contributed by atoms with Crippen LogP contribution in [0.1, 0.15) is 35.1 Å². The number of amides is 1. The van der Waals surface area contributed by atoms with E-state index in [-0.39, 0.29) is 17.5 Å². The summed E-state index contributed by atoms with van der Waals surface area (Å²) in [6.45, 7) is 1.15. The molecule has 1 aliphatic rings. The van der Waals surface area contributed by atoms with Gasteiger partial charge in [-0.25, -0.2) is 0 Å². The van der Waals surface area contributed by atoms with Gasteiger partial charge in [-0.05, 0) is 37.1 Å². The van der Waals surface area contributed by atoms with Crippen LogP contribution < -0.4 is 0 Å². The van der Waals surface area contributed by atoms with Gasteiger partial charge in [0.15, 0.2) is 17.2 Å². The number of aromatic nitrogens is 3. The standard InChI is InChI=1S/C19H16N4O5/c24-19(13-11-16(28-22-13)14-3-1-9-25-14)23-7-5-12(6-8-23)17-20-21-18(27-17)15-4-2-10-26-15/h1-4,9-12H,5-8H2. The van der Waals surface area contributed by atoms with Crippen LogP contribution in [0.4, 0.5) is 0 Å². The third-order valence-electron chi connectivity index (χ3n) is 4.80. The van der Waals surface area contributed by atoms with E-state index in [2.05, 4.69) is 15.4 Å². The predicted molar refractivity (Wildman–Crippen MR) is 94.1 cm³/mol. The number of hydrogen-bond acceptors (Lipinski definition) is 8. The minimum absolute atomic E-state index is 0.108. The van der Waals surface area contributed by atoms with Gasteiger partial charge in [-0.15, -0.1) is 10.2 Å². The Kier molecular flexibility index (Phi) is 4.04. The molecule has 1 fully saturated rings. The Balaban J connectivity index is 1.23. The Morgan fingerprint density at radius 3 is 2.46 bits per heavy atom. The van der Waals surface area contributed by atoms with E-state index in [9.17, 15) is 4.79 Å². The molecule has 1 aliphatic heterocycles. The Bertz CT molecular complexity index is 1060. The van der Waals surface area contributed by atoms with Crippen molar-refractivity contribution in [2.75, 3.05) is 13.1 Å². The minimum atomic E-state index is -0.165. The molecule has 9 nitrogen and oxygen atoms in total. The molecule has 0 saturated carbocycles. The molecule has 5 rings (SSSR count). The van der Waals surface area contributed by atoms with E-state index in [1.165, 1.54) is 0 Å². The summed E-state index contributed by atoms with van der Waals surface area (Å²) < 4.78 is 21.5. The van der Waals surface area contributed by atoms with Crippen LogP contribution in [0.25, 0.3) is 23.2 Å². The third-order valence-corrected chi connectivity index (χ3v) is 4.80. The third kappa shape index (κ3) is 3.00. The number of furan rings is 2. The number of nitrogens with zero attached hydrogens (tertiary/aromatic N) is 4. The van der Waals surface area contributed by atoms with Crippen molar-refractivity contribution in [2.45, 2.75) is 18.8 Å². The van der Waals surface area contributed by atoms with E-state index < -0.39 is 0 Å². The van der Waals surface area contributed by atoms with E-state index in [0.717, 1.165) is 12.8 Å². The van der Waals surface area contributed by atoms with E-state index in [0.29, 0.717) is 42.2 Å². The first-order valence-corrected chi connectivity index (χ1v) is 8.95. The van der Waals surface area contributed by atoms with E-state index in [1.807, 2.05) is 0 Å². The average molecular weight is 380 g/mol. The van der Waals surface area contributed by atoms with Gasteiger partial charge in [-0.3, -0.25) is 4.79 Å². The SMILES string of the molecule is O=C(c1cc(-c2ccco2)on1)N1CCC(c2nnc(-c3ccco3)o2)CC1. The van der Waals surface area contributed by atoms with Crippen molar-refractivity contribution in [2.24, 2.45) is 0 Å². The molecule has 0 atom stereocenters. The highest BCUT2D eigenvalue weighted by Crippen LogP contribution is 2.30. The fraction of sp³-hybridized carbons (Fsp3) is 0.263. The molecule has 1 amide bonds. The molecule has 9 heteroatoms. The molecule has 0 aliphatic carbocycles. The van der Waals surface area contributed by atoms with Crippen LogP contribution in [-0.4, -0.2) is 39.3 Å². The monoisotopic (exact) mass is 380 g/mol. The van der Waals surface area contributed by atoms with Crippen molar-refractivity contribution < 1.29 is 22.6 Å². The second-order valence-electron chi connectivity index (χ2n) is 6.54. The predicted octanol–water partition coefficient (Wildman–Crippen LogP) is 3.60. The van der Waals surface area contributed by atoms with Crippen LogP contribution in [-0.2, 0) is 0 Å². The second-order valence-corrected chi connectivity index (χ2v) is 6.54. The maximum atomic E-state index is 12.7. The number of rotatable bonds is 4. The van der Waals surface area contributed by atoms with Gasteiger partial charge >= 0.3 is 0 Å². The second kappa shape index (κ2) is 6.84. The van der Waals surface area contributed by atoms with Crippen molar-refractivity contribution in [3.8, 4) is 23.2 Å². The van der Waals surface area contributed by atoms with Gasteiger partial charge < -0.3 is 22.7 Å². The molecular formula is C19H16N4O5. The van der Waals surface area contributed by atoms with Gasteiger partial charge in [0.25, 0.3) is 11.8 Å². The molecular weight excluding hydrogens is 364 g/mol. The van der Waals surface area contributed by atoms with Gasteiger partial charge in [-0.2, -0.15) is 0 Å². The fourth-order valence-corrected chi connectivity index (χ4v) is 3.30. The topological polar surface area (TPSA) is 112 Å². The molecule has 0 spiro atoms. The van der Waals surface area contributed by atoms with Crippen LogP contribution in [0.15, 0.2) is 60.6 Å². The van der Waals surface area contributed by atoms with Crippen molar-refractivity contribution in [1.29, 1.82) is 0 Å². The van der Waals surface area contributed by atoms with Crippen molar-refractivity contribution in [3.05, 3.63) is 54.4 Å². The summed E-state index contributed by atoms with van der Waals surface area (Å²) in [4.78, 5) is 14.4. The van der Waals surface area contributed by atoms with Gasteiger partial charge in [0, 0.05) is 25.1 Å². The maximum absolute atomic E-state index is 12.7. The van der Waals surface area contributed by atoms with Crippen molar-refractivity contribution in [1.82, 2.24) is 20.3 Å². The summed E-state index contributed by atoms with van der Waals surface area (Å²) >= 11 is 0. The van der Waals surface area contributed by atoms with Crippen LogP contribution in [0.3, 0.4) is 0 Å². The Hall–Kier alpha value is -3.62. The molecule has 142 valence electrons. The molecule has 0 bridgehead atoms. The highest BCUT2D eigenvalue weighted by Gasteiger charge is 2.29. The van der Waals surface area contributed by atoms with E-state index in [4.69, 9.17) is 17.8 Å². The first-order chi connectivity index (χ1) is 13.8. The summed E-state index contributed by atoms with van der Waals surface area (Å²) in [7, 11) is 0. The lowest BCUT2D eigenvalue weighted by molar-refractivity contribution is 0.0696. The zero-order chi connectivity index (χ0) is 18.9. The molecule has 28 heavy (non-hydrogen) atoms. The number of carbonyl (C=O) groups excluding carboxylic acids is 1.